The van der Waals surface area contributed by atoms with Crippen molar-refractivity contribution in [1.82, 2.24) is 4.98 Å². The van der Waals surface area contributed by atoms with Crippen LogP contribution in [0.1, 0.15) is 55.3 Å². The lowest BCUT2D eigenvalue weighted by Gasteiger charge is -2.06. The summed E-state index contributed by atoms with van der Waals surface area (Å²) in [4.78, 5) is 3.56. The number of hydrogen-bond acceptors (Lipinski definition) is 3. The van der Waals surface area contributed by atoms with Crippen LogP contribution in [0.4, 0.5) is 13.2 Å². The van der Waals surface area contributed by atoms with Crippen molar-refractivity contribution in [3.05, 3.63) is 78.0 Å². The van der Waals surface area contributed by atoms with Crippen LogP contribution in [0, 0.1) is 6.92 Å². The molecule has 0 unspecified atom stereocenters. The minimum Gasteiger partial charge on any atom is -0.497 e. The highest BCUT2D eigenvalue weighted by molar-refractivity contribution is 5.79. The molecule has 0 spiro atoms. The summed E-state index contributed by atoms with van der Waals surface area (Å²) in [7, 11) is 1.62. The first-order valence-corrected chi connectivity index (χ1v) is 10.7. The Morgan fingerprint density at radius 3 is 2.09 bits per heavy atom. The first-order valence-electron chi connectivity index (χ1n) is 10.7. The third kappa shape index (κ3) is 8.25. The van der Waals surface area contributed by atoms with Gasteiger partial charge in [0, 0.05) is 16.6 Å². The number of aromatic nitrogens is 1. The van der Waals surface area contributed by atoms with E-state index in [1.807, 2.05) is 37.3 Å². The number of nitrogens with two attached hydrogens (primary N) is 1. The van der Waals surface area contributed by atoms with Gasteiger partial charge in [-0.25, -0.2) is 4.98 Å². The fraction of sp³-hybridized carbons (Fsp3) is 0.346. The average Bonchev–Trinajstić information content (AvgIpc) is 2.80. The van der Waals surface area contributed by atoms with E-state index in [9.17, 15) is 13.2 Å². The molecule has 1 aliphatic carbocycles. The standard InChI is InChI=1S/C11H8F3N.C9H11NO.C6H12/c1-7-2-4-9-8(6-7)3-5-10(15-9)11(12,13)14;1-7(10)8-4-3-5-9(6-8)11-2;1-2-4-6-5-3-1/h2-6H,1H3;3-6H,1,10H2,2H3;1-6H2. The van der Waals surface area contributed by atoms with Crippen molar-refractivity contribution in [2.45, 2.75) is 51.6 Å². The predicted octanol–water partition coefficient (Wildman–Crippen LogP) is 7.53. The van der Waals surface area contributed by atoms with Gasteiger partial charge in [0.2, 0.25) is 0 Å². The van der Waals surface area contributed by atoms with Crippen molar-refractivity contribution >= 4 is 16.6 Å². The number of ether oxygens (including phenoxy) is 1. The number of halogens is 3. The lowest BCUT2D eigenvalue weighted by molar-refractivity contribution is -0.140. The van der Waals surface area contributed by atoms with E-state index in [4.69, 9.17) is 10.5 Å². The highest BCUT2D eigenvalue weighted by Gasteiger charge is 2.32. The van der Waals surface area contributed by atoms with Crippen LogP contribution in [0.25, 0.3) is 16.6 Å². The van der Waals surface area contributed by atoms with E-state index < -0.39 is 11.9 Å². The smallest absolute Gasteiger partial charge is 0.433 e. The van der Waals surface area contributed by atoms with Crippen molar-refractivity contribution in [3.8, 4) is 5.75 Å². The molecule has 2 aromatic carbocycles. The van der Waals surface area contributed by atoms with Crippen molar-refractivity contribution < 1.29 is 17.9 Å². The lowest BCUT2D eigenvalue weighted by atomic mass is 10.0. The number of aryl methyl sites for hydroxylation is 1. The summed E-state index contributed by atoms with van der Waals surface area (Å²) in [5.41, 5.74) is 7.48. The second kappa shape index (κ2) is 12.1. The third-order valence-corrected chi connectivity index (χ3v) is 5.08. The second-order valence-corrected chi connectivity index (χ2v) is 7.77. The number of nitrogens with zero attached hydrogens (tertiary/aromatic N) is 1. The van der Waals surface area contributed by atoms with Gasteiger partial charge >= 0.3 is 6.18 Å². The fourth-order valence-electron chi connectivity index (χ4n) is 3.29. The maximum atomic E-state index is 12.3. The molecular formula is C26H31F3N2O. The number of fused-ring (bicyclic) bond motifs is 1. The van der Waals surface area contributed by atoms with Crippen LogP contribution in [0.3, 0.4) is 0 Å². The molecule has 32 heavy (non-hydrogen) atoms. The van der Waals surface area contributed by atoms with Gasteiger partial charge in [-0.15, -0.1) is 0 Å². The molecule has 4 rings (SSSR count). The summed E-state index contributed by atoms with van der Waals surface area (Å²) < 4.78 is 42.0. The van der Waals surface area contributed by atoms with E-state index in [1.54, 1.807) is 19.2 Å². The molecule has 1 fully saturated rings. The van der Waals surface area contributed by atoms with Crippen LogP contribution in [0.2, 0.25) is 0 Å². The van der Waals surface area contributed by atoms with Gasteiger partial charge in [-0.05, 0) is 37.3 Å². The summed E-state index contributed by atoms with van der Waals surface area (Å²) in [6.45, 7) is 5.51. The number of rotatable bonds is 2. The Hall–Kier alpha value is -3.02. The van der Waals surface area contributed by atoms with Crippen molar-refractivity contribution in [1.29, 1.82) is 0 Å². The Balaban J connectivity index is 0.000000187. The van der Waals surface area contributed by atoms with Crippen molar-refractivity contribution in [2.75, 3.05) is 7.11 Å². The molecule has 0 saturated heterocycles. The van der Waals surface area contributed by atoms with E-state index in [0.717, 1.165) is 28.3 Å². The van der Waals surface area contributed by atoms with Gasteiger partial charge in [-0.3, -0.25) is 0 Å². The third-order valence-electron chi connectivity index (χ3n) is 5.08. The lowest BCUT2D eigenvalue weighted by Crippen LogP contribution is -2.07. The molecule has 0 radical (unpaired) electrons. The van der Waals surface area contributed by atoms with E-state index >= 15 is 0 Å². The highest BCUT2D eigenvalue weighted by atomic mass is 19.4. The number of pyridine rings is 1. The van der Waals surface area contributed by atoms with E-state index in [0.29, 0.717) is 11.2 Å². The van der Waals surface area contributed by atoms with E-state index in [1.165, 1.54) is 44.6 Å². The Kier molecular flexibility index (Phi) is 9.57. The summed E-state index contributed by atoms with van der Waals surface area (Å²) in [5, 5.41) is 0.725. The first kappa shape index (κ1) is 25.2. The minimum absolute atomic E-state index is 0.371. The maximum absolute atomic E-state index is 12.3. The molecule has 172 valence electrons. The van der Waals surface area contributed by atoms with Crippen LogP contribution < -0.4 is 10.5 Å². The maximum Gasteiger partial charge on any atom is 0.433 e. The molecule has 1 aliphatic rings. The van der Waals surface area contributed by atoms with Crippen molar-refractivity contribution in [3.63, 3.8) is 0 Å². The second-order valence-electron chi connectivity index (χ2n) is 7.77. The summed E-state index contributed by atoms with van der Waals surface area (Å²) >= 11 is 0. The number of methoxy groups -OCH3 is 1. The average molecular weight is 445 g/mol. The summed E-state index contributed by atoms with van der Waals surface area (Å²) in [5.74, 6) is 0.800. The quantitative estimate of drug-likeness (QED) is 0.444. The van der Waals surface area contributed by atoms with Gasteiger partial charge in [0.25, 0.3) is 0 Å². The number of alkyl halides is 3. The minimum atomic E-state index is -4.38. The Bertz CT molecular complexity index is 1000. The molecule has 3 aromatic rings. The molecule has 0 aliphatic heterocycles. The van der Waals surface area contributed by atoms with Gasteiger partial charge < -0.3 is 10.5 Å². The molecule has 2 N–H and O–H groups in total. The Morgan fingerprint density at radius 2 is 1.56 bits per heavy atom. The molecule has 1 aromatic heterocycles. The Morgan fingerprint density at radius 1 is 0.938 bits per heavy atom. The van der Waals surface area contributed by atoms with Crippen molar-refractivity contribution in [2.24, 2.45) is 5.73 Å². The van der Waals surface area contributed by atoms with E-state index in [2.05, 4.69) is 11.6 Å². The zero-order chi connectivity index (χ0) is 23.6. The van der Waals surface area contributed by atoms with E-state index in [-0.39, 0.29) is 0 Å². The van der Waals surface area contributed by atoms with Gasteiger partial charge in [0.05, 0.1) is 12.6 Å². The topological polar surface area (TPSA) is 48.1 Å². The predicted molar refractivity (Wildman–Crippen MR) is 125 cm³/mol. The van der Waals surface area contributed by atoms with Gasteiger partial charge in [0.15, 0.2) is 0 Å². The first-order chi connectivity index (χ1) is 15.2. The number of hydrogen-bond donors (Lipinski definition) is 1. The van der Waals surface area contributed by atoms with Crippen LogP contribution in [0.5, 0.6) is 5.75 Å². The van der Waals surface area contributed by atoms with Crippen LogP contribution in [0.15, 0.2) is 61.2 Å². The van der Waals surface area contributed by atoms with Gasteiger partial charge in [-0.2, -0.15) is 13.2 Å². The zero-order valence-electron chi connectivity index (χ0n) is 18.7. The molecular weight excluding hydrogens is 413 g/mol. The van der Waals surface area contributed by atoms with Gasteiger partial charge in [0.1, 0.15) is 11.4 Å². The molecule has 0 atom stereocenters. The highest BCUT2D eigenvalue weighted by Crippen LogP contribution is 2.29. The number of benzene rings is 2. The fourth-order valence-corrected chi connectivity index (χ4v) is 3.29. The summed E-state index contributed by atoms with van der Waals surface area (Å²) in [6.07, 6.45) is 4.62. The summed E-state index contributed by atoms with van der Waals surface area (Å²) in [6, 6.07) is 15.1. The molecule has 0 bridgehead atoms. The van der Waals surface area contributed by atoms with Crippen LogP contribution in [-0.2, 0) is 6.18 Å². The monoisotopic (exact) mass is 444 g/mol. The van der Waals surface area contributed by atoms with Crippen LogP contribution in [-0.4, -0.2) is 12.1 Å². The molecule has 3 nitrogen and oxygen atoms in total. The molecule has 1 heterocycles. The molecule has 0 amide bonds. The largest absolute Gasteiger partial charge is 0.497 e. The van der Waals surface area contributed by atoms with Crippen LogP contribution >= 0.6 is 0 Å². The SMILES string of the molecule is C1CCCCC1.C=C(N)c1cccc(OC)c1.Cc1ccc2nc(C(F)(F)F)ccc2c1. The molecule has 1 saturated carbocycles. The van der Waals surface area contributed by atoms with Gasteiger partial charge in [-0.1, -0.05) is 74.9 Å². The Labute approximate surface area is 188 Å². The normalized spacial score (nSPS) is 13.3. The zero-order valence-corrected chi connectivity index (χ0v) is 18.7. The molecule has 6 heteroatoms.